The van der Waals surface area contributed by atoms with E-state index in [1.54, 1.807) is 46.2 Å². The summed E-state index contributed by atoms with van der Waals surface area (Å²) in [6, 6.07) is 21.6. The molecule has 0 saturated carbocycles. The molecule has 232 valence electrons. The van der Waals surface area contributed by atoms with Crippen molar-refractivity contribution in [1.29, 1.82) is 0 Å². The van der Waals surface area contributed by atoms with E-state index in [1.807, 2.05) is 60.5 Å². The van der Waals surface area contributed by atoms with E-state index in [9.17, 15) is 19.5 Å². The van der Waals surface area contributed by atoms with Crippen molar-refractivity contribution in [3.8, 4) is 11.5 Å². The Kier molecular flexibility index (Phi) is 9.85. The molecule has 9 heteroatoms. The van der Waals surface area contributed by atoms with Gasteiger partial charge in [0, 0.05) is 25.9 Å². The summed E-state index contributed by atoms with van der Waals surface area (Å²) in [6.45, 7) is 5.08. The molecule has 2 aliphatic rings. The van der Waals surface area contributed by atoms with Crippen LogP contribution in [0, 0.1) is 6.92 Å². The number of unbranched alkanes of at least 4 members (excludes halogenated alkanes) is 2. The molecule has 5 rings (SSSR count). The van der Waals surface area contributed by atoms with Crippen molar-refractivity contribution in [2.75, 3.05) is 20.2 Å². The fourth-order valence-electron chi connectivity index (χ4n) is 6.09. The van der Waals surface area contributed by atoms with E-state index in [-0.39, 0.29) is 43.0 Å². The lowest BCUT2D eigenvalue weighted by atomic mass is 9.98. The SMILES string of the molecule is CCCCCC(=O)N1[C@H]2CN(Cc3ccc(OC)cc3)C(=O)[C@H](Cc3ccc(O)cc3)N2C(=O)CN1Cc1ccc(C)cc1. The van der Waals surface area contributed by atoms with Crippen LogP contribution >= 0.6 is 0 Å². The molecular weight excluding hydrogens is 556 g/mol. The molecule has 2 atom stereocenters. The maximum Gasteiger partial charge on any atom is 0.246 e. The number of benzene rings is 3. The average Bonchev–Trinajstić information content (AvgIpc) is 3.02. The van der Waals surface area contributed by atoms with Gasteiger partial charge in [-0.2, -0.15) is 0 Å². The van der Waals surface area contributed by atoms with Crippen molar-refractivity contribution in [3.05, 3.63) is 95.1 Å². The molecule has 1 N–H and O–H groups in total. The molecule has 3 amide bonds. The molecule has 2 saturated heterocycles. The predicted molar refractivity (Wildman–Crippen MR) is 167 cm³/mol. The third-order valence-corrected chi connectivity index (χ3v) is 8.46. The monoisotopic (exact) mass is 598 g/mol. The number of amides is 3. The highest BCUT2D eigenvalue weighted by atomic mass is 16.5. The fraction of sp³-hybridized carbons (Fsp3) is 0.400. The summed E-state index contributed by atoms with van der Waals surface area (Å²) in [5.74, 6) is 0.468. The van der Waals surface area contributed by atoms with Gasteiger partial charge in [-0.3, -0.25) is 14.4 Å². The number of aryl methyl sites for hydroxylation is 1. The number of hydrazine groups is 1. The minimum atomic E-state index is -0.795. The van der Waals surface area contributed by atoms with Crippen LogP contribution in [0.25, 0.3) is 0 Å². The van der Waals surface area contributed by atoms with Crippen LogP contribution in [0.4, 0.5) is 0 Å². The van der Waals surface area contributed by atoms with Gasteiger partial charge in [-0.15, -0.1) is 0 Å². The van der Waals surface area contributed by atoms with Gasteiger partial charge in [0.1, 0.15) is 23.7 Å². The van der Waals surface area contributed by atoms with Crippen molar-refractivity contribution >= 4 is 17.7 Å². The van der Waals surface area contributed by atoms with E-state index in [2.05, 4.69) is 6.92 Å². The summed E-state index contributed by atoms with van der Waals surface area (Å²) in [7, 11) is 1.61. The summed E-state index contributed by atoms with van der Waals surface area (Å²) in [6.07, 6.45) is 2.69. The number of ether oxygens (including phenoxy) is 1. The molecule has 2 aliphatic heterocycles. The molecule has 0 unspecified atom stereocenters. The van der Waals surface area contributed by atoms with Crippen molar-refractivity contribution < 1.29 is 24.2 Å². The zero-order chi connectivity index (χ0) is 31.2. The topological polar surface area (TPSA) is 93.6 Å². The minimum Gasteiger partial charge on any atom is -0.508 e. The largest absolute Gasteiger partial charge is 0.508 e. The number of hydrogen-bond acceptors (Lipinski definition) is 6. The summed E-state index contributed by atoms with van der Waals surface area (Å²) >= 11 is 0. The van der Waals surface area contributed by atoms with Gasteiger partial charge in [-0.1, -0.05) is 73.9 Å². The van der Waals surface area contributed by atoms with Crippen molar-refractivity contribution in [2.24, 2.45) is 0 Å². The normalized spacial score (nSPS) is 18.8. The third-order valence-electron chi connectivity index (χ3n) is 8.46. The molecule has 9 nitrogen and oxygen atoms in total. The number of hydrogen-bond donors (Lipinski definition) is 1. The fourth-order valence-corrected chi connectivity index (χ4v) is 6.09. The lowest BCUT2D eigenvalue weighted by Gasteiger charge is -2.55. The molecule has 44 heavy (non-hydrogen) atoms. The summed E-state index contributed by atoms with van der Waals surface area (Å²) in [5.41, 5.74) is 3.89. The van der Waals surface area contributed by atoms with Gasteiger partial charge in [-0.25, -0.2) is 10.0 Å². The number of piperazine rings is 1. The zero-order valence-corrected chi connectivity index (χ0v) is 25.8. The van der Waals surface area contributed by atoms with Gasteiger partial charge in [0.25, 0.3) is 0 Å². The number of aromatic hydroxyl groups is 1. The molecule has 2 heterocycles. The molecule has 2 fully saturated rings. The Hall–Kier alpha value is -4.37. The number of phenolic OH excluding ortho intramolecular Hbond substituents is 1. The molecule has 3 aromatic rings. The van der Waals surface area contributed by atoms with E-state index in [4.69, 9.17) is 4.74 Å². The second-order valence-corrected chi connectivity index (χ2v) is 11.7. The highest BCUT2D eigenvalue weighted by Gasteiger charge is 2.51. The first-order chi connectivity index (χ1) is 21.3. The first kappa shape index (κ1) is 31.1. The number of methoxy groups -OCH3 is 1. The van der Waals surface area contributed by atoms with Crippen molar-refractivity contribution in [1.82, 2.24) is 19.8 Å². The third kappa shape index (κ3) is 7.05. The van der Waals surface area contributed by atoms with Gasteiger partial charge in [-0.05, 0) is 54.3 Å². The van der Waals surface area contributed by atoms with Crippen LogP contribution < -0.4 is 4.74 Å². The summed E-state index contributed by atoms with van der Waals surface area (Å²) < 4.78 is 5.31. The van der Waals surface area contributed by atoms with E-state index in [0.717, 1.165) is 47.3 Å². The number of fused-ring (bicyclic) bond motifs is 1. The number of carbonyl (C=O) groups excluding carboxylic acids is 3. The minimum absolute atomic E-state index is 0.00172. The van der Waals surface area contributed by atoms with Crippen LogP contribution in [-0.2, 0) is 33.9 Å². The van der Waals surface area contributed by atoms with Gasteiger partial charge < -0.3 is 19.6 Å². The summed E-state index contributed by atoms with van der Waals surface area (Å²) in [4.78, 5) is 45.5. The molecule has 0 spiro atoms. The Morgan fingerprint density at radius 1 is 0.886 bits per heavy atom. The van der Waals surface area contributed by atoms with Crippen LogP contribution in [0.3, 0.4) is 0 Å². The molecule has 0 aromatic heterocycles. The quantitative estimate of drug-likeness (QED) is 0.323. The lowest BCUT2D eigenvalue weighted by molar-refractivity contribution is -0.208. The first-order valence-corrected chi connectivity index (χ1v) is 15.4. The summed E-state index contributed by atoms with van der Waals surface area (Å²) in [5, 5.41) is 13.5. The Morgan fingerprint density at radius 3 is 2.18 bits per heavy atom. The maximum atomic E-state index is 14.2. The number of carbonyl (C=O) groups is 3. The number of phenols is 1. The zero-order valence-electron chi connectivity index (χ0n) is 25.8. The number of rotatable bonds is 11. The highest BCUT2D eigenvalue weighted by Crippen LogP contribution is 2.31. The molecule has 0 bridgehead atoms. The Balaban J connectivity index is 1.51. The van der Waals surface area contributed by atoms with Gasteiger partial charge in [0.2, 0.25) is 17.7 Å². The van der Waals surface area contributed by atoms with E-state index in [1.165, 1.54) is 0 Å². The molecule has 0 aliphatic carbocycles. The van der Waals surface area contributed by atoms with Crippen LogP contribution in [0.1, 0.15) is 54.9 Å². The molecular formula is C35H42N4O5. The molecule has 0 radical (unpaired) electrons. The first-order valence-electron chi connectivity index (χ1n) is 15.4. The van der Waals surface area contributed by atoms with Crippen LogP contribution in [-0.4, -0.2) is 75.1 Å². The van der Waals surface area contributed by atoms with Crippen LogP contribution in [0.2, 0.25) is 0 Å². The maximum absolute atomic E-state index is 14.2. The average molecular weight is 599 g/mol. The van der Waals surface area contributed by atoms with Gasteiger partial charge in [0.05, 0.1) is 20.2 Å². The van der Waals surface area contributed by atoms with Crippen molar-refractivity contribution in [3.63, 3.8) is 0 Å². The Bertz CT molecular complexity index is 1440. The standard InChI is InChI=1S/C35H42N4O5/c1-4-5-6-7-33(41)39-32-23-36(21-27-14-18-30(44-3)19-15-27)35(43)31(20-26-12-16-29(40)17-13-26)38(32)34(42)24-37(39)22-28-10-8-25(2)9-11-28/h8-19,31-32,40H,4-7,20-24H2,1-3H3/t31-,32-/m0/s1. The second kappa shape index (κ2) is 13.9. The van der Waals surface area contributed by atoms with Gasteiger partial charge >= 0.3 is 0 Å². The Labute approximate surface area is 259 Å². The van der Waals surface area contributed by atoms with E-state index >= 15 is 0 Å². The van der Waals surface area contributed by atoms with Crippen molar-refractivity contribution in [2.45, 2.75) is 71.2 Å². The van der Waals surface area contributed by atoms with E-state index in [0.29, 0.717) is 19.5 Å². The molecule has 3 aromatic carbocycles. The highest BCUT2D eigenvalue weighted by molar-refractivity contribution is 5.92. The van der Waals surface area contributed by atoms with E-state index < -0.39 is 12.2 Å². The Morgan fingerprint density at radius 2 is 1.52 bits per heavy atom. The lowest BCUT2D eigenvalue weighted by Crippen LogP contribution is -2.75. The predicted octanol–water partition coefficient (Wildman–Crippen LogP) is 4.66. The van der Waals surface area contributed by atoms with Crippen LogP contribution in [0.5, 0.6) is 11.5 Å². The second-order valence-electron chi connectivity index (χ2n) is 11.7. The van der Waals surface area contributed by atoms with Crippen LogP contribution in [0.15, 0.2) is 72.8 Å². The smallest absolute Gasteiger partial charge is 0.246 e. The van der Waals surface area contributed by atoms with Gasteiger partial charge in [0.15, 0.2) is 0 Å². The number of nitrogens with zero attached hydrogens (tertiary/aromatic N) is 4.